The summed E-state index contributed by atoms with van der Waals surface area (Å²) in [4.78, 5) is 17.1. The normalized spacial score (nSPS) is 31.9. The second-order valence-electron chi connectivity index (χ2n) is 4.31. The molecule has 0 saturated carbocycles. The summed E-state index contributed by atoms with van der Waals surface area (Å²) in [5.74, 6) is -0.141. The third-order valence-corrected chi connectivity index (χ3v) is 3.09. The molecule has 0 bridgehead atoms. The molecule has 0 spiro atoms. The number of esters is 1. The minimum atomic E-state index is -0.743. The lowest BCUT2D eigenvalue weighted by atomic mass is 9.98. The zero-order chi connectivity index (χ0) is 13.0. The highest BCUT2D eigenvalue weighted by Crippen LogP contribution is 2.28. The van der Waals surface area contributed by atoms with E-state index in [0.29, 0.717) is 19.8 Å². The Morgan fingerprint density at radius 1 is 1.61 bits per heavy atom. The fraction of sp³-hybridized carbons (Fsp3) is 0.750. The fourth-order valence-electron chi connectivity index (χ4n) is 2.25. The van der Waals surface area contributed by atoms with Crippen LogP contribution in [-0.2, 0) is 23.8 Å². The van der Waals surface area contributed by atoms with E-state index in [0.717, 1.165) is 0 Å². The van der Waals surface area contributed by atoms with Gasteiger partial charge in [0.15, 0.2) is 6.10 Å². The molecule has 0 aliphatic carbocycles. The Bertz CT molecular complexity index is 309. The molecule has 1 N–H and O–H groups in total. The quantitative estimate of drug-likeness (QED) is 0.535. The number of rotatable bonds is 6. The lowest BCUT2D eigenvalue weighted by Crippen LogP contribution is -2.47. The molecule has 0 aromatic rings. The van der Waals surface area contributed by atoms with Crippen molar-refractivity contribution in [1.82, 2.24) is 5.48 Å². The average Bonchev–Trinajstić information content (AvgIpc) is 2.94. The van der Waals surface area contributed by atoms with Crippen LogP contribution >= 0.6 is 0 Å². The Morgan fingerprint density at radius 3 is 3.17 bits per heavy atom. The monoisotopic (exact) mass is 257 g/mol. The molecule has 2 aliphatic heterocycles. The van der Waals surface area contributed by atoms with Crippen LogP contribution in [0.2, 0.25) is 0 Å². The summed E-state index contributed by atoms with van der Waals surface area (Å²) in [5.41, 5.74) is 2.88. The second kappa shape index (κ2) is 6.29. The summed E-state index contributed by atoms with van der Waals surface area (Å²) in [6, 6.07) is -0.0239. The predicted molar refractivity (Wildman–Crippen MR) is 62.7 cm³/mol. The van der Waals surface area contributed by atoms with Crippen molar-refractivity contribution in [3.8, 4) is 0 Å². The Morgan fingerprint density at radius 2 is 2.44 bits per heavy atom. The molecule has 0 radical (unpaired) electrons. The number of hydrogen-bond acceptors (Lipinski definition) is 6. The van der Waals surface area contributed by atoms with E-state index in [1.807, 2.05) is 0 Å². The minimum Gasteiger partial charge on any atom is -0.464 e. The van der Waals surface area contributed by atoms with Crippen LogP contribution in [0.15, 0.2) is 12.7 Å². The van der Waals surface area contributed by atoms with Crippen molar-refractivity contribution in [2.75, 3.05) is 26.4 Å². The van der Waals surface area contributed by atoms with Gasteiger partial charge in [-0.3, -0.25) is 0 Å². The van der Waals surface area contributed by atoms with Crippen LogP contribution in [-0.4, -0.2) is 50.6 Å². The van der Waals surface area contributed by atoms with Crippen molar-refractivity contribution in [1.29, 1.82) is 0 Å². The van der Waals surface area contributed by atoms with Crippen LogP contribution in [0.25, 0.3) is 0 Å². The number of carbonyl (C=O) groups excluding carboxylic acids is 1. The van der Waals surface area contributed by atoms with Gasteiger partial charge in [0, 0.05) is 5.92 Å². The van der Waals surface area contributed by atoms with Gasteiger partial charge in [-0.15, -0.1) is 6.58 Å². The van der Waals surface area contributed by atoms with Crippen LogP contribution in [0.3, 0.4) is 0 Å². The third-order valence-electron chi connectivity index (χ3n) is 3.09. The standard InChI is InChI=1S/C12H19NO5/c1-3-5-16-11(12(14)15-4-2)10-9-8(6-17-10)7-18-13-9/h3,8-11,13H,1,4-7H2,2H3/t8-,9+,10+,11-/m1/s1. The first-order valence-electron chi connectivity index (χ1n) is 6.16. The Kier molecular flexibility index (Phi) is 4.71. The Balaban J connectivity index is 2.02. The zero-order valence-electron chi connectivity index (χ0n) is 10.5. The van der Waals surface area contributed by atoms with Gasteiger partial charge in [0.1, 0.15) is 6.10 Å². The molecule has 0 aromatic carbocycles. The fourth-order valence-corrected chi connectivity index (χ4v) is 2.25. The largest absolute Gasteiger partial charge is 0.464 e. The highest BCUT2D eigenvalue weighted by molar-refractivity contribution is 5.75. The van der Waals surface area contributed by atoms with Gasteiger partial charge < -0.3 is 19.0 Å². The summed E-state index contributed by atoms with van der Waals surface area (Å²) in [7, 11) is 0. The number of hydroxylamine groups is 1. The maximum atomic E-state index is 11.9. The summed E-state index contributed by atoms with van der Waals surface area (Å²) in [5, 5.41) is 0. The van der Waals surface area contributed by atoms with Crippen LogP contribution < -0.4 is 5.48 Å². The molecular weight excluding hydrogens is 238 g/mol. The van der Waals surface area contributed by atoms with Crippen molar-refractivity contribution in [2.24, 2.45) is 5.92 Å². The number of ether oxygens (including phenoxy) is 3. The Hall–Kier alpha value is -0.950. The molecule has 4 atom stereocenters. The number of hydrogen-bond donors (Lipinski definition) is 1. The third kappa shape index (κ3) is 2.72. The maximum absolute atomic E-state index is 11.9. The first-order chi connectivity index (χ1) is 8.77. The summed E-state index contributed by atoms with van der Waals surface area (Å²) in [6.07, 6.45) is 0.473. The predicted octanol–water partition coefficient (Wildman–Crippen LogP) is 0.0391. The number of carbonyl (C=O) groups is 1. The average molecular weight is 257 g/mol. The summed E-state index contributed by atoms with van der Waals surface area (Å²) in [6.45, 7) is 7.09. The van der Waals surface area contributed by atoms with Crippen LogP contribution in [0, 0.1) is 5.92 Å². The molecular formula is C12H19NO5. The zero-order valence-corrected chi connectivity index (χ0v) is 10.5. The SMILES string of the molecule is C=CCO[C@@H](C(=O)OCC)[C@H]1OC[C@@H]2CON[C@@H]21. The van der Waals surface area contributed by atoms with Crippen LogP contribution in [0.4, 0.5) is 0 Å². The van der Waals surface area contributed by atoms with Crippen LogP contribution in [0.5, 0.6) is 0 Å². The lowest BCUT2D eigenvalue weighted by molar-refractivity contribution is -0.166. The van der Waals surface area contributed by atoms with E-state index in [-0.39, 0.29) is 24.7 Å². The molecule has 2 saturated heterocycles. The minimum absolute atomic E-state index is 0.0239. The van der Waals surface area contributed by atoms with E-state index < -0.39 is 12.1 Å². The van der Waals surface area contributed by atoms with E-state index in [1.165, 1.54) is 0 Å². The molecule has 2 fully saturated rings. The molecule has 6 heteroatoms. The van der Waals surface area contributed by atoms with Crippen molar-refractivity contribution >= 4 is 5.97 Å². The van der Waals surface area contributed by atoms with Gasteiger partial charge in [0.2, 0.25) is 0 Å². The molecule has 0 amide bonds. The number of fused-ring (bicyclic) bond motifs is 1. The molecule has 18 heavy (non-hydrogen) atoms. The highest BCUT2D eigenvalue weighted by atomic mass is 16.7. The highest BCUT2D eigenvalue weighted by Gasteiger charge is 2.48. The van der Waals surface area contributed by atoms with E-state index in [4.69, 9.17) is 19.0 Å². The van der Waals surface area contributed by atoms with E-state index in [1.54, 1.807) is 13.0 Å². The summed E-state index contributed by atoms with van der Waals surface area (Å²) < 4.78 is 16.1. The summed E-state index contributed by atoms with van der Waals surface area (Å²) >= 11 is 0. The van der Waals surface area contributed by atoms with E-state index in [2.05, 4.69) is 12.1 Å². The first-order valence-corrected chi connectivity index (χ1v) is 6.16. The van der Waals surface area contributed by atoms with Gasteiger partial charge >= 0.3 is 5.97 Å². The van der Waals surface area contributed by atoms with Crippen LogP contribution in [0.1, 0.15) is 6.92 Å². The van der Waals surface area contributed by atoms with Crippen molar-refractivity contribution in [3.05, 3.63) is 12.7 Å². The van der Waals surface area contributed by atoms with Gasteiger partial charge in [0.05, 0.1) is 32.5 Å². The molecule has 102 valence electrons. The first kappa shape index (κ1) is 13.5. The van der Waals surface area contributed by atoms with Crippen molar-refractivity contribution < 1.29 is 23.8 Å². The van der Waals surface area contributed by atoms with Gasteiger partial charge in [0.25, 0.3) is 0 Å². The molecule has 0 aromatic heterocycles. The molecule has 6 nitrogen and oxygen atoms in total. The Labute approximate surface area is 106 Å². The topological polar surface area (TPSA) is 66.0 Å². The smallest absolute Gasteiger partial charge is 0.338 e. The van der Waals surface area contributed by atoms with Gasteiger partial charge in [-0.25, -0.2) is 4.79 Å². The maximum Gasteiger partial charge on any atom is 0.338 e. The van der Waals surface area contributed by atoms with Crippen molar-refractivity contribution in [3.63, 3.8) is 0 Å². The van der Waals surface area contributed by atoms with E-state index >= 15 is 0 Å². The van der Waals surface area contributed by atoms with E-state index in [9.17, 15) is 4.79 Å². The molecule has 0 unspecified atom stereocenters. The lowest BCUT2D eigenvalue weighted by Gasteiger charge is -2.24. The van der Waals surface area contributed by atoms with Gasteiger partial charge in [-0.1, -0.05) is 6.08 Å². The molecule has 2 aliphatic rings. The molecule has 2 rings (SSSR count). The second-order valence-corrected chi connectivity index (χ2v) is 4.31. The number of nitrogens with one attached hydrogen (secondary N) is 1. The van der Waals surface area contributed by atoms with Crippen molar-refractivity contribution in [2.45, 2.75) is 25.2 Å². The van der Waals surface area contributed by atoms with Gasteiger partial charge in [-0.05, 0) is 6.92 Å². The van der Waals surface area contributed by atoms with Gasteiger partial charge in [-0.2, -0.15) is 5.48 Å². The molecule has 2 heterocycles.